The normalized spacial score (nSPS) is 25.0. The fraction of sp³-hybridized carbons (Fsp3) is 0.750. The lowest BCUT2D eigenvalue weighted by Gasteiger charge is -2.40. The molecule has 0 saturated carbocycles. The summed E-state index contributed by atoms with van der Waals surface area (Å²) >= 11 is 0. The number of hydrogen-bond donors (Lipinski definition) is 1. The number of likely N-dealkylation sites (tertiary alicyclic amines) is 1. The number of nitrogens with two attached hydrogens (primary N) is 1. The highest BCUT2D eigenvalue weighted by molar-refractivity contribution is 5.01. The maximum absolute atomic E-state index is 6.17. The van der Waals surface area contributed by atoms with Gasteiger partial charge in [0.1, 0.15) is 5.76 Å². The van der Waals surface area contributed by atoms with E-state index in [1.807, 2.05) is 12.1 Å². The van der Waals surface area contributed by atoms with Crippen molar-refractivity contribution in [1.82, 2.24) is 9.80 Å². The molecule has 1 aliphatic rings. The zero-order chi connectivity index (χ0) is 14.4. The minimum absolute atomic E-state index is 0.120. The van der Waals surface area contributed by atoms with E-state index in [-0.39, 0.29) is 5.54 Å². The Hall–Kier alpha value is -0.840. The van der Waals surface area contributed by atoms with Crippen LogP contribution in [0.3, 0.4) is 0 Å². The van der Waals surface area contributed by atoms with Gasteiger partial charge in [-0.2, -0.15) is 0 Å². The second-order valence-electron chi connectivity index (χ2n) is 6.06. The van der Waals surface area contributed by atoms with Gasteiger partial charge in [-0.25, -0.2) is 0 Å². The van der Waals surface area contributed by atoms with Crippen molar-refractivity contribution in [2.45, 2.75) is 44.7 Å². The van der Waals surface area contributed by atoms with E-state index in [4.69, 9.17) is 10.2 Å². The van der Waals surface area contributed by atoms with Gasteiger partial charge in [0.05, 0.1) is 12.8 Å². The maximum Gasteiger partial charge on any atom is 0.117 e. The lowest BCUT2D eigenvalue weighted by molar-refractivity contribution is 0.0918. The third kappa shape index (κ3) is 3.62. The van der Waals surface area contributed by atoms with Crippen LogP contribution in [-0.4, -0.2) is 48.6 Å². The number of likely N-dealkylation sites (N-methyl/N-ethyl adjacent to an activating group) is 1. The number of hydrogen-bond acceptors (Lipinski definition) is 4. The smallest absolute Gasteiger partial charge is 0.117 e. The van der Waals surface area contributed by atoms with Gasteiger partial charge in [0.15, 0.2) is 0 Å². The fourth-order valence-electron chi connectivity index (χ4n) is 3.32. The third-order valence-electron chi connectivity index (χ3n) is 4.71. The summed E-state index contributed by atoms with van der Waals surface area (Å²) in [7, 11) is 2.19. The summed E-state index contributed by atoms with van der Waals surface area (Å²) in [6.07, 6.45) is 6.55. The molecule has 1 atom stereocenters. The highest BCUT2D eigenvalue weighted by atomic mass is 16.3. The molecule has 2 N–H and O–H groups in total. The molecule has 0 amide bonds. The van der Waals surface area contributed by atoms with Crippen LogP contribution < -0.4 is 5.73 Å². The molecule has 114 valence electrons. The van der Waals surface area contributed by atoms with E-state index in [9.17, 15) is 0 Å². The summed E-state index contributed by atoms with van der Waals surface area (Å²) in [5, 5.41) is 0. The van der Waals surface area contributed by atoms with Crippen molar-refractivity contribution in [3.8, 4) is 0 Å². The second-order valence-corrected chi connectivity index (χ2v) is 6.06. The molecule has 0 spiro atoms. The van der Waals surface area contributed by atoms with Crippen molar-refractivity contribution in [3.05, 3.63) is 24.2 Å². The van der Waals surface area contributed by atoms with E-state index in [1.165, 1.54) is 32.4 Å². The van der Waals surface area contributed by atoms with Gasteiger partial charge in [0, 0.05) is 12.1 Å². The molecule has 0 aliphatic carbocycles. The van der Waals surface area contributed by atoms with Crippen LogP contribution in [0.25, 0.3) is 0 Å². The summed E-state index contributed by atoms with van der Waals surface area (Å²) in [6, 6.07) is 4.00. The lowest BCUT2D eigenvalue weighted by Crippen LogP contribution is -2.52. The van der Waals surface area contributed by atoms with E-state index in [0.29, 0.717) is 0 Å². The molecule has 1 aromatic rings. The van der Waals surface area contributed by atoms with Crippen LogP contribution in [0.5, 0.6) is 0 Å². The molecular formula is C16H29N3O. The van der Waals surface area contributed by atoms with Crippen LogP contribution in [0.1, 0.15) is 38.4 Å². The Labute approximate surface area is 122 Å². The monoisotopic (exact) mass is 279 g/mol. The van der Waals surface area contributed by atoms with Crippen molar-refractivity contribution in [1.29, 1.82) is 0 Å². The molecule has 1 unspecified atom stereocenters. The van der Waals surface area contributed by atoms with E-state index in [0.717, 1.165) is 31.8 Å². The van der Waals surface area contributed by atoms with Crippen LogP contribution in [0.2, 0.25) is 0 Å². The molecule has 0 bridgehead atoms. The first-order valence-corrected chi connectivity index (χ1v) is 7.86. The minimum atomic E-state index is 0.120. The van der Waals surface area contributed by atoms with Crippen LogP contribution in [-0.2, 0) is 6.54 Å². The molecule has 0 aromatic carbocycles. The zero-order valence-electron chi connectivity index (χ0n) is 13.0. The van der Waals surface area contributed by atoms with Gasteiger partial charge in [-0.15, -0.1) is 0 Å². The molecule has 4 nitrogen and oxygen atoms in total. The molecule has 1 aromatic heterocycles. The lowest BCUT2D eigenvalue weighted by atomic mass is 9.88. The van der Waals surface area contributed by atoms with Gasteiger partial charge in [0.25, 0.3) is 0 Å². The van der Waals surface area contributed by atoms with Gasteiger partial charge in [0.2, 0.25) is 0 Å². The topological polar surface area (TPSA) is 45.6 Å². The van der Waals surface area contributed by atoms with Gasteiger partial charge in [-0.05, 0) is 64.5 Å². The number of rotatable bonds is 6. The SMILES string of the molecule is CCCN1CCCC(CN)(N(C)Cc2ccco2)CC1. The predicted molar refractivity (Wildman–Crippen MR) is 82.5 cm³/mol. The third-order valence-corrected chi connectivity index (χ3v) is 4.71. The van der Waals surface area contributed by atoms with Crippen molar-refractivity contribution >= 4 is 0 Å². The molecule has 4 heteroatoms. The van der Waals surface area contributed by atoms with E-state index in [1.54, 1.807) is 6.26 Å². The second kappa shape index (κ2) is 7.25. The Morgan fingerprint density at radius 2 is 2.25 bits per heavy atom. The zero-order valence-corrected chi connectivity index (χ0v) is 13.0. The van der Waals surface area contributed by atoms with Crippen LogP contribution in [0.4, 0.5) is 0 Å². The molecule has 20 heavy (non-hydrogen) atoms. The Morgan fingerprint density at radius 3 is 2.90 bits per heavy atom. The largest absolute Gasteiger partial charge is 0.468 e. The summed E-state index contributed by atoms with van der Waals surface area (Å²) in [4.78, 5) is 4.99. The molecule has 1 aliphatic heterocycles. The first-order valence-electron chi connectivity index (χ1n) is 7.86. The number of nitrogens with zero attached hydrogens (tertiary/aromatic N) is 2. The Bertz CT molecular complexity index is 379. The van der Waals surface area contributed by atoms with Crippen LogP contribution in [0, 0.1) is 0 Å². The quantitative estimate of drug-likeness (QED) is 0.868. The maximum atomic E-state index is 6.17. The van der Waals surface area contributed by atoms with Crippen molar-refractivity contribution in [2.24, 2.45) is 5.73 Å². The van der Waals surface area contributed by atoms with E-state index in [2.05, 4.69) is 23.8 Å². The first kappa shape index (κ1) is 15.5. The summed E-state index contributed by atoms with van der Waals surface area (Å²) < 4.78 is 5.48. The van der Waals surface area contributed by atoms with E-state index < -0.39 is 0 Å². The highest BCUT2D eigenvalue weighted by Gasteiger charge is 2.35. The van der Waals surface area contributed by atoms with E-state index >= 15 is 0 Å². The molecule has 1 fully saturated rings. The molecule has 2 rings (SSSR count). The first-order chi connectivity index (χ1) is 9.70. The Balaban J connectivity index is 2.00. The van der Waals surface area contributed by atoms with Gasteiger partial charge in [-0.3, -0.25) is 4.90 Å². The summed E-state index contributed by atoms with van der Waals surface area (Å²) in [5.74, 6) is 1.02. The highest BCUT2D eigenvalue weighted by Crippen LogP contribution is 2.28. The van der Waals surface area contributed by atoms with Gasteiger partial charge < -0.3 is 15.1 Å². The number of furan rings is 1. The molecular weight excluding hydrogens is 250 g/mol. The predicted octanol–water partition coefficient (Wildman–Crippen LogP) is 2.30. The standard InChI is InChI=1S/C16H29N3O/c1-3-9-19-10-5-7-16(14-17,8-11-19)18(2)13-15-6-4-12-20-15/h4,6,12H,3,5,7-11,13-14,17H2,1-2H3. The Morgan fingerprint density at radius 1 is 1.40 bits per heavy atom. The molecule has 2 heterocycles. The van der Waals surface area contributed by atoms with Crippen LogP contribution >= 0.6 is 0 Å². The van der Waals surface area contributed by atoms with Crippen molar-refractivity contribution < 1.29 is 4.42 Å². The summed E-state index contributed by atoms with van der Waals surface area (Å²) in [6.45, 7) is 7.41. The summed E-state index contributed by atoms with van der Waals surface area (Å²) in [5.41, 5.74) is 6.29. The fourth-order valence-corrected chi connectivity index (χ4v) is 3.32. The molecule has 1 saturated heterocycles. The van der Waals surface area contributed by atoms with Crippen LogP contribution in [0.15, 0.2) is 22.8 Å². The average Bonchev–Trinajstić information content (AvgIpc) is 2.86. The van der Waals surface area contributed by atoms with Crippen molar-refractivity contribution in [2.75, 3.05) is 33.2 Å². The van der Waals surface area contributed by atoms with Gasteiger partial charge >= 0.3 is 0 Å². The van der Waals surface area contributed by atoms with Gasteiger partial charge in [-0.1, -0.05) is 6.92 Å². The minimum Gasteiger partial charge on any atom is -0.468 e. The average molecular weight is 279 g/mol. The Kier molecular flexibility index (Phi) is 5.64. The van der Waals surface area contributed by atoms with Crippen molar-refractivity contribution in [3.63, 3.8) is 0 Å². The molecule has 0 radical (unpaired) electrons.